The Balaban J connectivity index is 2.19. The van der Waals surface area contributed by atoms with Gasteiger partial charge in [-0.05, 0) is 30.7 Å². The summed E-state index contributed by atoms with van der Waals surface area (Å²) in [6, 6.07) is 9.13. The van der Waals surface area contributed by atoms with Gasteiger partial charge in [0.2, 0.25) is 5.88 Å². The van der Waals surface area contributed by atoms with Gasteiger partial charge in [0.05, 0.1) is 11.6 Å². The summed E-state index contributed by atoms with van der Waals surface area (Å²) in [7, 11) is 0. The molecule has 0 aliphatic rings. The van der Waals surface area contributed by atoms with Crippen LogP contribution in [0.2, 0.25) is 0 Å². The first kappa shape index (κ1) is 13.0. The molecule has 1 heterocycles. The van der Waals surface area contributed by atoms with E-state index in [9.17, 15) is 4.39 Å². The topological polar surface area (TPSA) is 71.9 Å². The van der Waals surface area contributed by atoms with Crippen molar-refractivity contribution in [1.29, 1.82) is 5.26 Å². The molecule has 1 atom stereocenters. The van der Waals surface area contributed by atoms with Gasteiger partial charge in [0.25, 0.3) is 0 Å². The van der Waals surface area contributed by atoms with Crippen LogP contribution in [0.1, 0.15) is 24.1 Å². The lowest BCUT2D eigenvalue weighted by atomic mass is 10.2. The summed E-state index contributed by atoms with van der Waals surface area (Å²) in [6.45, 7) is 1.85. The highest BCUT2D eigenvalue weighted by atomic mass is 19.1. The Morgan fingerprint density at radius 2 is 2.16 bits per heavy atom. The number of aromatic nitrogens is 1. The van der Waals surface area contributed by atoms with E-state index < -0.39 is 5.82 Å². The van der Waals surface area contributed by atoms with Crippen molar-refractivity contribution in [3.63, 3.8) is 0 Å². The number of nitrogens with two attached hydrogens (primary N) is 1. The van der Waals surface area contributed by atoms with E-state index in [0.29, 0.717) is 0 Å². The predicted octanol–water partition coefficient (Wildman–Crippen LogP) is 2.90. The lowest BCUT2D eigenvalue weighted by molar-refractivity contribution is 0.427. The first-order valence-electron chi connectivity index (χ1n) is 5.69. The molecule has 2 rings (SSSR count). The molecule has 0 aliphatic carbocycles. The van der Waals surface area contributed by atoms with Crippen LogP contribution in [0.3, 0.4) is 0 Å². The third kappa shape index (κ3) is 3.06. The highest BCUT2D eigenvalue weighted by Crippen LogP contribution is 2.24. The zero-order valence-electron chi connectivity index (χ0n) is 10.3. The minimum absolute atomic E-state index is 0.0278. The first-order chi connectivity index (χ1) is 9.10. The van der Waals surface area contributed by atoms with E-state index in [4.69, 9.17) is 15.7 Å². The summed E-state index contributed by atoms with van der Waals surface area (Å²) < 4.78 is 18.9. The molecule has 5 heteroatoms. The molecule has 0 radical (unpaired) electrons. The number of pyridine rings is 1. The Bertz CT molecular complexity index is 618. The average molecular weight is 257 g/mol. The van der Waals surface area contributed by atoms with Crippen LogP contribution < -0.4 is 10.5 Å². The molecular weight excluding hydrogens is 245 g/mol. The van der Waals surface area contributed by atoms with Crippen molar-refractivity contribution in [3.8, 4) is 17.7 Å². The zero-order valence-corrected chi connectivity index (χ0v) is 10.3. The molecule has 2 N–H and O–H groups in total. The fourth-order valence-corrected chi connectivity index (χ4v) is 1.49. The minimum Gasteiger partial charge on any atom is -0.436 e. The van der Waals surface area contributed by atoms with Crippen molar-refractivity contribution in [1.82, 2.24) is 4.98 Å². The number of ether oxygens (including phenoxy) is 1. The SMILES string of the molecule is C[C@@H](N)c1ccc(Oc2ccc(C#N)cc2F)nc1. The predicted molar refractivity (Wildman–Crippen MR) is 68.0 cm³/mol. The minimum atomic E-state index is -0.600. The molecular formula is C14H12FN3O. The molecule has 2 aromatic rings. The second-order valence-corrected chi connectivity index (χ2v) is 4.08. The maximum Gasteiger partial charge on any atom is 0.219 e. The van der Waals surface area contributed by atoms with Crippen molar-refractivity contribution in [2.75, 3.05) is 0 Å². The van der Waals surface area contributed by atoms with E-state index in [0.717, 1.165) is 11.6 Å². The van der Waals surface area contributed by atoms with Gasteiger partial charge in [-0.2, -0.15) is 5.26 Å². The van der Waals surface area contributed by atoms with E-state index in [2.05, 4.69) is 4.98 Å². The number of hydrogen-bond acceptors (Lipinski definition) is 4. The van der Waals surface area contributed by atoms with Crippen LogP contribution in [-0.4, -0.2) is 4.98 Å². The van der Waals surface area contributed by atoms with Crippen molar-refractivity contribution < 1.29 is 9.13 Å². The lowest BCUT2D eigenvalue weighted by Crippen LogP contribution is -2.05. The Morgan fingerprint density at radius 3 is 2.68 bits per heavy atom. The monoisotopic (exact) mass is 257 g/mol. The molecule has 0 aliphatic heterocycles. The molecule has 0 saturated carbocycles. The molecule has 4 nitrogen and oxygen atoms in total. The smallest absolute Gasteiger partial charge is 0.219 e. The van der Waals surface area contributed by atoms with Gasteiger partial charge in [-0.1, -0.05) is 6.07 Å². The Hall–Kier alpha value is -2.45. The van der Waals surface area contributed by atoms with Gasteiger partial charge in [0.15, 0.2) is 11.6 Å². The molecule has 0 unspecified atom stereocenters. The van der Waals surface area contributed by atoms with E-state index in [1.165, 1.54) is 12.1 Å². The molecule has 96 valence electrons. The summed E-state index contributed by atoms with van der Waals surface area (Å²) >= 11 is 0. The maximum atomic E-state index is 13.6. The highest BCUT2D eigenvalue weighted by molar-refractivity contribution is 5.37. The Labute approximate surface area is 110 Å². The summed E-state index contributed by atoms with van der Waals surface area (Å²) in [4.78, 5) is 4.05. The van der Waals surface area contributed by atoms with Crippen LogP contribution in [0, 0.1) is 17.1 Å². The molecule has 0 bridgehead atoms. The number of rotatable bonds is 3. The van der Waals surface area contributed by atoms with Crippen molar-refractivity contribution in [2.24, 2.45) is 5.73 Å². The number of nitriles is 1. The van der Waals surface area contributed by atoms with Crippen molar-refractivity contribution >= 4 is 0 Å². The van der Waals surface area contributed by atoms with E-state index >= 15 is 0 Å². The number of nitrogens with zero attached hydrogens (tertiary/aromatic N) is 2. The molecule has 1 aromatic heterocycles. The number of halogens is 1. The third-order valence-corrected chi connectivity index (χ3v) is 2.56. The number of benzene rings is 1. The van der Waals surface area contributed by atoms with Gasteiger partial charge >= 0.3 is 0 Å². The fraction of sp³-hybridized carbons (Fsp3) is 0.143. The first-order valence-corrected chi connectivity index (χ1v) is 5.69. The van der Waals surface area contributed by atoms with E-state index in [1.54, 1.807) is 18.3 Å². The van der Waals surface area contributed by atoms with Gasteiger partial charge in [0, 0.05) is 18.3 Å². The van der Waals surface area contributed by atoms with Gasteiger partial charge < -0.3 is 10.5 Å². The molecule has 1 aromatic carbocycles. The molecule has 0 amide bonds. The zero-order chi connectivity index (χ0) is 13.8. The number of hydrogen-bond donors (Lipinski definition) is 1. The van der Waals surface area contributed by atoms with Crippen LogP contribution in [0.15, 0.2) is 36.5 Å². The second kappa shape index (κ2) is 5.46. The van der Waals surface area contributed by atoms with Gasteiger partial charge in [-0.25, -0.2) is 9.37 Å². The lowest BCUT2D eigenvalue weighted by Gasteiger charge is -2.08. The quantitative estimate of drug-likeness (QED) is 0.917. The highest BCUT2D eigenvalue weighted by Gasteiger charge is 2.07. The molecule has 19 heavy (non-hydrogen) atoms. The van der Waals surface area contributed by atoms with Crippen LogP contribution in [0.25, 0.3) is 0 Å². The largest absolute Gasteiger partial charge is 0.436 e. The normalized spacial score (nSPS) is 11.7. The summed E-state index contributed by atoms with van der Waals surface area (Å²) in [6.07, 6.45) is 1.58. The molecule has 0 saturated heterocycles. The maximum absolute atomic E-state index is 13.6. The van der Waals surface area contributed by atoms with Gasteiger partial charge in [0.1, 0.15) is 0 Å². The third-order valence-electron chi connectivity index (χ3n) is 2.56. The Morgan fingerprint density at radius 1 is 1.37 bits per heavy atom. The summed E-state index contributed by atoms with van der Waals surface area (Å²) in [5, 5.41) is 8.64. The van der Waals surface area contributed by atoms with Crippen LogP contribution in [0.4, 0.5) is 4.39 Å². The van der Waals surface area contributed by atoms with Gasteiger partial charge in [-0.15, -0.1) is 0 Å². The van der Waals surface area contributed by atoms with E-state index in [1.807, 2.05) is 13.0 Å². The van der Waals surface area contributed by atoms with E-state index in [-0.39, 0.29) is 23.2 Å². The fourth-order valence-electron chi connectivity index (χ4n) is 1.49. The second-order valence-electron chi connectivity index (χ2n) is 4.08. The van der Waals surface area contributed by atoms with Crippen LogP contribution >= 0.6 is 0 Å². The summed E-state index contributed by atoms with van der Waals surface area (Å²) in [5.41, 5.74) is 6.81. The van der Waals surface area contributed by atoms with Gasteiger partial charge in [-0.3, -0.25) is 0 Å². The average Bonchev–Trinajstić information content (AvgIpc) is 2.41. The Kier molecular flexibility index (Phi) is 3.74. The summed E-state index contributed by atoms with van der Waals surface area (Å²) in [5.74, 6) is -0.301. The van der Waals surface area contributed by atoms with Crippen molar-refractivity contribution in [3.05, 3.63) is 53.5 Å². The van der Waals surface area contributed by atoms with Crippen LogP contribution in [-0.2, 0) is 0 Å². The molecule has 0 spiro atoms. The molecule has 0 fully saturated rings. The standard InChI is InChI=1S/C14H12FN3O/c1-9(17)11-3-5-14(18-8-11)19-13-4-2-10(7-16)6-12(13)15/h2-6,8-9H,17H2,1H3/t9-/m1/s1. The van der Waals surface area contributed by atoms with Crippen LogP contribution in [0.5, 0.6) is 11.6 Å². The van der Waals surface area contributed by atoms with Crippen molar-refractivity contribution in [2.45, 2.75) is 13.0 Å².